The van der Waals surface area contributed by atoms with Crippen molar-refractivity contribution >= 4 is 151 Å². The summed E-state index contributed by atoms with van der Waals surface area (Å²) in [4.78, 5) is 0. The molecule has 2 nitrogen and oxygen atoms in total. The molecule has 2 heterocycles. The van der Waals surface area contributed by atoms with Crippen molar-refractivity contribution < 1.29 is 0 Å². The first-order valence-corrected chi connectivity index (χ1v) is 35.4. The fraction of sp³-hybridized carbons (Fsp3) is 0. The molecule has 0 N–H and O–H groups in total. The van der Waals surface area contributed by atoms with Gasteiger partial charge in [0.15, 0.2) is 0 Å². The molecule has 20 aromatic carbocycles. The Kier molecular flexibility index (Phi) is 12.2. The number of rotatable bonds is 7. The van der Waals surface area contributed by atoms with Gasteiger partial charge >= 0.3 is 0 Å². The molecule has 0 atom stereocenters. The van der Waals surface area contributed by atoms with Gasteiger partial charge in [-0.2, -0.15) is 0 Å². The molecule has 2 aromatic heterocycles. The van der Waals surface area contributed by atoms with Crippen molar-refractivity contribution in [3.8, 4) is 67.0 Å². The first kappa shape index (κ1) is 56.6. The van der Waals surface area contributed by atoms with E-state index >= 15 is 0 Å². The maximum Gasteiger partial charge on any atom is 0.0547 e. The molecule has 0 amide bonds. The smallest absolute Gasteiger partial charge is 0.0547 e. The van der Waals surface area contributed by atoms with E-state index in [0.717, 1.165) is 11.4 Å². The molecule has 22 aromatic rings. The minimum Gasteiger partial charge on any atom is -0.309 e. The van der Waals surface area contributed by atoms with Crippen molar-refractivity contribution in [1.29, 1.82) is 0 Å². The highest BCUT2D eigenvalue weighted by Gasteiger charge is 2.23. The van der Waals surface area contributed by atoms with Gasteiger partial charge in [-0.3, -0.25) is 0 Å². The Morgan fingerprint density at radius 1 is 0.137 bits per heavy atom. The molecule has 0 aliphatic rings. The van der Waals surface area contributed by atoms with Crippen LogP contribution in [0.5, 0.6) is 0 Å². The lowest BCUT2D eigenvalue weighted by Crippen LogP contribution is -1.93. The van der Waals surface area contributed by atoms with Gasteiger partial charge in [0, 0.05) is 32.9 Å². The van der Waals surface area contributed by atoms with Gasteiger partial charge < -0.3 is 9.13 Å². The Hall–Kier alpha value is -13.4. The molecule has 0 fully saturated rings. The number of para-hydroxylation sites is 3. The monoisotopic (exact) mass is 1290 g/mol. The van der Waals surface area contributed by atoms with Crippen LogP contribution in [0, 0.1) is 0 Å². The van der Waals surface area contributed by atoms with Gasteiger partial charge in [0.2, 0.25) is 0 Å². The third kappa shape index (κ3) is 8.42. The predicted molar refractivity (Wildman–Crippen MR) is 437 cm³/mol. The lowest BCUT2D eigenvalue weighted by atomic mass is 9.85. The van der Waals surface area contributed by atoms with E-state index in [1.165, 1.54) is 207 Å². The van der Waals surface area contributed by atoms with Crippen LogP contribution < -0.4 is 0 Å². The molecular formula is C100H60N2. The maximum atomic E-state index is 2.47. The molecule has 102 heavy (non-hydrogen) atoms. The minimum atomic E-state index is 1.14. The van der Waals surface area contributed by atoms with Crippen molar-refractivity contribution in [2.24, 2.45) is 0 Å². The number of nitrogens with zero attached hydrogens (tertiary/aromatic N) is 2. The second-order valence-corrected chi connectivity index (χ2v) is 27.7. The molecule has 0 aliphatic heterocycles. The summed E-state index contributed by atoms with van der Waals surface area (Å²) in [6.45, 7) is 0. The van der Waals surface area contributed by atoms with Crippen LogP contribution in [0.1, 0.15) is 0 Å². The summed E-state index contributed by atoms with van der Waals surface area (Å²) in [5.74, 6) is 0. The standard InChI is InChI=1S/C100H60N2/c1-3-22-70(23-4-1)101-94-37-18-17-31-79(94)80-49-46-67(57-96(80)101)61-38-44-64(45-39-61)88-60-93-77-30-13-16-34-84(77)98-85-36-19-35-72(78(85)51-52-86(98)99(93)82-32-14-11-28-75(82)88)69-48-53-95-90(56-69)81-50-47-68(58-97(81)102(95)71-24-5-2-6-25-71)62-40-42-63(43-41-62)87-59-92-74-27-10-9-26-73(74)89-54-65-20-7-8-21-66(65)55-91(89)100(92)83-33-15-12-29-76(83)87/h1-60H. The molecule has 470 valence electrons. The van der Waals surface area contributed by atoms with E-state index in [9.17, 15) is 0 Å². The quantitative estimate of drug-likeness (QED) is 0.111. The average molecular weight is 1290 g/mol. The van der Waals surface area contributed by atoms with Crippen LogP contribution in [0.2, 0.25) is 0 Å². The molecular weight excluding hydrogens is 1230 g/mol. The minimum absolute atomic E-state index is 1.14. The number of aromatic nitrogens is 2. The second-order valence-electron chi connectivity index (χ2n) is 27.7. The Bertz CT molecular complexity index is 7320. The highest BCUT2D eigenvalue weighted by Crippen LogP contribution is 2.49. The summed E-state index contributed by atoms with van der Waals surface area (Å²) < 4.78 is 4.86. The summed E-state index contributed by atoms with van der Waals surface area (Å²) in [6, 6.07) is 136. The average Bonchev–Trinajstić information content (AvgIpc) is 1.04. The second kappa shape index (κ2) is 22.1. The zero-order valence-electron chi connectivity index (χ0n) is 55.5. The van der Waals surface area contributed by atoms with Crippen LogP contribution in [-0.4, -0.2) is 9.13 Å². The largest absolute Gasteiger partial charge is 0.309 e. The summed E-state index contributed by atoms with van der Waals surface area (Å²) in [7, 11) is 0. The van der Waals surface area contributed by atoms with Gasteiger partial charge in [-0.1, -0.05) is 285 Å². The van der Waals surface area contributed by atoms with E-state index in [4.69, 9.17) is 0 Å². The van der Waals surface area contributed by atoms with Crippen LogP contribution >= 0.6 is 0 Å². The molecule has 0 saturated carbocycles. The van der Waals surface area contributed by atoms with Crippen molar-refractivity contribution in [1.82, 2.24) is 9.13 Å². The van der Waals surface area contributed by atoms with Crippen molar-refractivity contribution in [2.75, 3.05) is 0 Å². The lowest BCUT2D eigenvalue weighted by molar-refractivity contribution is 1.18. The number of hydrogen-bond donors (Lipinski definition) is 0. The van der Waals surface area contributed by atoms with Gasteiger partial charge in [-0.05, 0) is 242 Å². The number of hydrogen-bond acceptors (Lipinski definition) is 0. The van der Waals surface area contributed by atoms with E-state index in [1.54, 1.807) is 0 Å². The highest BCUT2D eigenvalue weighted by molar-refractivity contribution is 6.38. The lowest BCUT2D eigenvalue weighted by Gasteiger charge is -2.18. The number of benzene rings is 20. The molecule has 0 bridgehead atoms. The van der Waals surface area contributed by atoms with Gasteiger partial charge in [0.25, 0.3) is 0 Å². The van der Waals surface area contributed by atoms with E-state index in [1.807, 2.05) is 0 Å². The normalized spacial score (nSPS) is 12.1. The fourth-order valence-corrected chi connectivity index (χ4v) is 17.8. The summed E-state index contributed by atoms with van der Waals surface area (Å²) in [5, 5.41) is 30.4. The molecule has 0 saturated heterocycles. The van der Waals surface area contributed by atoms with Crippen LogP contribution in [0.3, 0.4) is 0 Å². The fourth-order valence-electron chi connectivity index (χ4n) is 17.8. The van der Waals surface area contributed by atoms with Gasteiger partial charge in [0.05, 0.1) is 22.1 Å². The Balaban J connectivity index is 0.645. The van der Waals surface area contributed by atoms with Crippen LogP contribution in [-0.2, 0) is 0 Å². The SMILES string of the molecule is c1ccc(-n2c3ccccc3c3ccc(-c4ccc(-c5cc6c7ccccc7c7c8cccc(-c9ccc%10c(c9)c9ccc(-c%11ccc(-c%12cc%13c%14ccccc%14c%14cc%15ccccc%15cc%14c%13c%13ccccc%12%13)cc%11)cc9n%10-c9ccccc9)c8ccc7c6c6ccccc56)cc4)cc32)cc1. The van der Waals surface area contributed by atoms with Gasteiger partial charge in [-0.25, -0.2) is 0 Å². The summed E-state index contributed by atoms with van der Waals surface area (Å²) in [6.07, 6.45) is 0. The van der Waals surface area contributed by atoms with E-state index in [2.05, 4.69) is 373 Å². The zero-order valence-corrected chi connectivity index (χ0v) is 55.5. The molecule has 0 unspecified atom stereocenters. The van der Waals surface area contributed by atoms with Crippen LogP contribution in [0.25, 0.3) is 218 Å². The van der Waals surface area contributed by atoms with Gasteiger partial charge in [-0.15, -0.1) is 0 Å². The third-order valence-corrected chi connectivity index (χ3v) is 22.4. The van der Waals surface area contributed by atoms with Gasteiger partial charge in [0.1, 0.15) is 0 Å². The maximum absolute atomic E-state index is 2.47. The van der Waals surface area contributed by atoms with Crippen LogP contribution in [0.15, 0.2) is 364 Å². The molecule has 2 heteroatoms. The van der Waals surface area contributed by atoms with E-state index in [-0.39, 0.29) is 0 Å². The highest BCUT2D eigenvalue weighted by atomic mass is 15.0. The zero-order chi connectivity index (χ0) is 66.7. The molecule has 22 rings (SSSR count). The van der Waals surface area contributed by atoms with Crippen molar-refractivity contribution in [3.63, 3.8) is 0 Å². The summed E-state index contributed by atoms with van der Waals surface area (Å²) >= 11 is 0. The molecule has 0 radical (unpaired) electrons. The predicted octanol–water partition coefficient (Wildman–Crippen LogP) is 27.7. The Morgan fingerprint density at radius 2 is 0.480 bits per heavy atom. The van der Waals surface area contributed by atoms with Crippen molar-refractivity contribution in [2.45, 2.75) is 0 Å². The van der Waals surface area contributed by atoms with E-state index < -0.39 is 0 Å². The Morgan fingerprint density at radius 3 is 1.05 bits per heavy atom. The first-order valence-electron chi connectivity index (χ1n) is 35.4. The third-order valence-electron chi connectivity index (χ3n) is 22.4. The molecule has 0 aliphatic carbocycles. The molecule has 0 spiro atoms. The van der Waals surface area contributed by atoms with Crippen LogP contribution in [0.4, 0.5) is 0 Å². The van der Waals surface area contributed by atoms with E-state index in [0.29, 0.717) is 0 Å². The van der Waals surface area contributed by atoms with Crippen molar-refractivity contribution in [3.05, 3.63) is 364 Å². The topological polar surface area (TPSA) is 9.86 Å². The Labute approximate surface area is 587 Å². The number of fused-ring (bicyclic) bond motifs is 25. The summed E-state index contributed by atoms with van der Waals surface area (Å²) in [5.41, 5.74) is 19.1. The first-order chi connectivity index (χ1) is 50.6.